The van der Waals surface area contributed by atoms with Crippen LogP contribution in [0, 0.1) is 0 Å². The van der Waals surface area contributed by atoms with Crippen LogP contribution in [0.2, 0.25) is 0 Å². The maximum atomic E-state index is 5.13. The normalized spacial score (nSPS) is 12.9. The van der Waals surface area contributed by atoms with E-state index in [2.05, 4.69) is 115 Å². The molecule has 1 aromatic heterocycles. The van der Waals surface area contributed by atoms with E-state index in [0.717, 1.165) is 29.6 Å². The van der Waals surface area contributed by atoms with Crippen LogP contribution in [-0.4, -0.2) is 4.98 Å². The minimum atomic E-state index is 1.03. The molecule has 0 fully saturated rings. The Morgan fingerprint density at radius 3 is 2.26 bits per heavy atom. The summed E-state index contributed by atoms with van der Waals surface area (Å²) in [6, 6.07) is 37.3. The highest BCUT2D eigenvalue weighted by molar-refractivity contribution is 6.22. The van der Waals surface area contributed by atoms with Gasteiger partial charge in [-0.3, -0.25) is 0 Å². The third kappa shape index (κ3) is 3.05. The SMILES string of the molecule is C1=Cc2cc(-c3ccc(-c4nc5ccccc5c5c4ccc4ccccc45)cc3)ccc2CC1. The molecule has 0 aliphatic heterocycles. The number of aryl methyl sites for hydroxylation is 1. The molecule has 1 aliphatic rings. The number of hydrogen-bond donors (Lipinski definition) is 0. The quantitative estimate of drug-likeness (QED) is 0.249. The summed E-state index contributed by atoms with van der Waals surface area (Å²) >= 11 is 0. The minimum Gasteiger partial charge on any atom is -0.247 e. The molecule has 0 radical (unpaired) electrons. The first kappa shape index (κ1) is 19.3. The fourth-order valence-electron chi connectivity index (χ4n) is 5.37. The van der Waals surface area contributed by atoms with E-state index < -0.39 is 0 Å². The van der Waals surface area contributed by atoms with Crippen molar-refractivity contribution in [1.29, 1.82) is 0 Å². The topological polar surface area (TPSA) is 12.9 Å². The van der Waals surface area contributed by atoms with Crippen molar-refractivity contribution < 1.29 is 0 Å². The van der Waals surface area contributed by atoms with Gasteiger partial charge in [0.25, 0.3) is 0 Å². The van der Waals surface area contributed by atoms with E-state index in [1.165, 1.54) is 49.2 Å². The van der Waals surface area contributed by atoms with E-state index in [4.69, 9.17) is 4.98 Å². The van der Waals surface area contributed by atoms with Gasteiger partial charge in [-0.25, -0.2) is 4.98 Å². The number of fused-ring (bicyclic) bond motifs is 6. The zero-order valence-corrected chi connectivity index (χ0v) is 18.8. The first-order valence-corrected chi connectivity index (χ1v) is 12.0. The van der Waals surface area contributed by atoms with E-state index in [1.807, 2.05) is 0 Å². The summed E-state index contributed by atoms with van der Waals surface area (Å²) in [7, 11) is 0. The Labute approximate surface area is 199 Å². The van der Waals surface area contributed by atoms with Crippen molar-refractivity contribution in [2.45, 2.75) is 12.8 Å². The molecule has 5 aromatic carbocycles. The molecule has 160 valence electrons. The first-order chi connectivity index (χ1) is 16.8. The fourth-order valence-corrected chi connectivity index (χ4v) is 5.37. The van der Waals surface area contributed by atoms with Crippen LogP contribution in [0.4, 0.5) is 0 Å². The van der Waals surface area contributed by atoms with Gasteiger partial charge in [-0.1, -0.05) is 103 Å². The second kappa shape index (κ2) is 7.67. The molecular formula is C33H23N. The van der Waals surface area contributed by atoms with Crippen LogP contribution in [0.1, 0.15) is 17.5 Å². The predicted octanol–water partition coefficient (Wildman–Crippen LogP) is 8.83. The van der Waals surface area contributed by atoms with Crippen LogP contribution in [0.25, 0.3) is 60.9 Å². The average molecular weight is 434 g/mol. The summed E-state index contributed by atoms with van der Waals surface area (Å²) in [6.45, 7) is 0. The van der Waals surface area contributed by atoms with Crippen molar-refractivity contribution >= 4 is 38.5 Å². The molecule has 1 nitrogen and oxygen atoms in total. The Morgan fingerprint density at radius 1 is 0.588 bits per heavy atom. The number of nitrogens with zero attached hydrogens (tertiary/aromatic N) is 1. The Balaban J connectivity index is 1.41. The van der Waals surface area contributed by atoms with Gasteiger partial charge in [-0.05, 0) is 58.0 Å². The van der Waals surface area contributed by atoms with Crippen LogP contribution in [0.15, 0.2) is 109 Å². The number of pyridine rings is 1. The number of aromatic nitrogens is 1. The fraction of sp³-hybridized carbons (Fsp3) is 0.0606. The molecule has 0 amide bonds. The molecule has 1 heterocycles. The number of para-hydroxylation sites is 1. The molecular weight excluding hydrogens is 410 g/mol. The van der Waals surface area contributed by atoms with E-state index in [0.29, 0.717) is 0 Å². The van der Waals surface area contributed by atoms with E-state index in [9.17, 15) is 0 Å². The van der Waals surface area contributed by atoms with Crippen molar-refractivity contribution in [3.05, 3.63) is 120 Å². The van der Waals surface area contributed by atoms with Gasteiger partial charge in [0.1, 0.15) is 0 Å². The van der Waals surface area contributed by atoms with E-state index in [-0.39, 0.29) is 0 Å². The largest absolute Gasteiger partial charge is 0.247 e. The van der Waals surface area contributed by atoms with Gasteiger partial charge < -0.3 is 0 Å². The summed E-state index contributed by atoms with van der Waals surface area (Å²) < 4.78 is 0. The van der Waals surface area contributed by atoms with E-state index in [1.54, 1.807) is 0 Å². The van der Waals surface area contributed by atoms with Gasteiger partial charge in [0.05, 0.1) is 11.2 Å². The van der Waals surface area contributed by atoms with Crippen molar-refractivity contribution in [2.75, 3.05) is 0 Å². The first-order valence-electron chi connectivity index (χ1n) is 12.0. The molecule has 34 heavy (non-hydrogen) atoms. The lowest BCUT2D eigenvalue weighted by molar-refractivity contribution is 0.986. The van der Waals surface area contributed by atoms with E-state index >= 15 is 0 Å². The van der Waals surface area contributed by atoms with Crippen LogP contribution in [0.5, 0.6) is 0 Å². The molecule has 6 aromatic rings. The summed E-state index contributed by atoms with van der Waals surface area (Å²) in [5, 5.41) is 6.22. The molecule has 1 aliphatic carbocycles. The molecule has 0 unspecified atom stereocenters. The molecule has 0 saturated carbocycles. The van der Waals surface area contributed by atoms with Crippen molar-refractivity contribution in [1.82, 2.24) is 4.98 Å². The predicted molar refractivity (Wildman–Crippen MR) is 145 cm³/mol. The third-order valence-electron chi connectivity index (χ3n) is 7.11. The molecule has 0 atom stereocenters. The van der Waals surface area contributed by atoms with Crippen molar-refractivity contribution in [3.63, 3.8) is 0 Å². The molecule has 0 bridgehead atoms. The highest BCUT2D eigenvalue weighted by Gasteiger charge is 2.13. The Morgan fingerprint density at radius 2 is 1.35 bits per heavy atom. The lowest BCUT2D eigenvalue weighted by atomic mass is 9.92. The van der Waals surface area contributed by atoms with Gasteiger partial charge in [0.15, 0.2) is 0 Å². The van der Waals surface area contributed by atoms with Crippen LogP contribution >= 0.6 is 0 Å². The zero-order chi connectivity index (χ0) is 22.5. The van der Waals surface area contributed by atoms with Crippen molar-refractivity contribution in [3.8, 4) is 22.4 Å². The lowest BCUT2D eigenvalue weighted by Crippen LogP contribution is -1.94. The summed E-state index contributed by atoms with van der Waals surface area (Å²) in [5.41, 5.74) is 8.52. The summed E-state index contributed by atoms with van der Waals surface area (Å²) in [4.78, 5) is 5.13. The molecule has 0 saturated heterocycles. The highest BCUT2D eigenvalue weighted by Crippen LogP contribution is 2.37. The van der Waals surface area contributed by atoms with Gasteiger partial charge >= 0.3 is 0 Å². The molecule has 7 rings (SSSR count). The zero-order valence-electron chi connectivity index (χ0n) is 18.8. The second-order valence-electron chi connectivity index (χ2n) is 9.12. The maximum Gasteiger partial charge on any atom is 0.0788 e. The van der Waals surface area contributed by atoms with Crippen LogP contribution in [-0.2, 0) is 6.42 Å². The van der Waals surface area contributed by atoms with Gasteiger partial charge in [-0.2, -0.15) is 0 Å². The van der Waals surface area contributed by atoms with Gasteiger partial charge in [0.2, 0.25) is 0 Å². The maximum absolute atomic E-state index is 5.13. The summed E-state index contributed by atoms with van der Waals surface area (Å²) in [5.74, 6) is 0. The molecule has 0 N–H and O–H groups in total. The molecule has 1 heteroatoms. The van der Waals surface area contributed by atoms with Crippen LogP contribution < -0.4 is 0 Å². The van der Waals surface area contributed by atoms with Gasteiger partial charge in [-0.15, -0.1) is 0 Å². The Kier molecular flexibility index (Phi) is 4.35. The number of benzene rings is 5. The standard InChI is InChI=1S/C33H23N/c1-2-9-26-21-27(18-15-22(26)7-1)23-13-16-25(17-14-23)33-30-20-19-24-8-3-4-10-28(24)32(30)29-11-5-6-12-31(29)34-33/h2-6,8-21H,1,7H2. The number of allylic oxidation sites excluding steroid dienone is 1. The minimum absolute atomic E-state index is 1.03. The van der Waals surface area contributed by atoms with Crippen LogP contribution in [0.3, 0.4) is 0 Å². The number of hydrogen-bond acceptors (Lipinski definition) is 1. The highest BCUT2D eigenvalue weighted by atomic mass is 14.7. The monoisotopic (exact) mass is 433 g/mol. The average Bonchev–Trinajstić information content (AvgIpc) is 2.92. The summed E-state index contributed by atoms with van der Waals surface area (Å²) in [6.07, 6.45) is 6.81. The van der Waals surface area contributed by atoms with Gasteiger partial charge in [0, 0.05) is 21.7 Å². The Bertz CT molecular complexity index is 1720. The third-order valence-corrected chi connectivity index (χ3v) is 7.11. The smallest absolute Gasteiger partial charge is 0.0788 e. The lowest BCUT2D eigenvalue weighted by Gasteiger charge is -2.14. The molecule has 0 spiro atoms. The van der Waals surface area contributed by atoms with Crippen molar-refractivity contribution in [2.24, 2.45) is 0 Å². The second-order valence-corrected chi connectivity index (χ2v) is 9.12. The number of rotatable bonds is 2. The Hall–Kier alpha value is -4.23.